The Kier molecular flexibility index (Phi) is 5.55. The molecule has 1 saturated heterocycles. The fourth-order valence-electron chi connectivity index (χ4n) is 3.72. The van der Waals surface area contributed by atoms with E-state index < -0.39 is 0 Å². The lowest BCUT2D eigenvalue weighted by Crippen LogP contribution is -2.27. The number of ether oxygens (including phenoxy) is 2. The summed E-state index contributed by atoms with van der Waals surface area (Å²) in [4.78, 5) is 32.8. The predicted molar refractivity (Wildman–Crippen MR) is 132 cm³/mol. The van der Waals surface area contributed by atoms with Crippen molar-refractivity contribution in [2.24, 2.45) is 0 Å². The number of fused-ring (bicyclic) bond motifs is 2. The minimum absolute atomic E-state index is 0.203. The Labute approximate surface area is 199 Å². The zero-order valence-corrected chi connectivity index (χ0v) is 19.6. The molecule has 2 aliphatic rings. The smallest absolute Gasteiger partial charge is 0.267 e. The largest absolute Gasteiger partial charge is 0.454 e. The van der Waals surface area contributed by atoms with Gasteiger partial charge in [0.2, 0.25) is 6.79 Å². The van der Waals surface area contributed by atoms with Crippen LogP contribution in [0, 0.1) is 6.92 Å². The van der Waals surface area contributed by atoms with Gasteiger partial charge in [0.05, 0.1) is 10.5 Å². The summed E-state index contributed by atoms with van der Waals surface area (Å²) in [6.45, 7) is 4.85. The molecule has 8 nitrogen and oxygen atoms in total. The summed E-state index contributed by atoms with van der Waals surface area (Å²) in [5.74, 6) is 1.58. The van der Waals surface area contributed by atoms with Crippen LogP contribution < -0.4 is 20.3 Å². The Morgan fingerprint density at radius 3 is 2.85 bits per heavy atom. The number of pyridine rings is 1. The number of anilines is 1. The zero-order chi connectivity index (χ0) is 23.1. The van der Waals surface area contributed by atoms with E-state index in [1.807, 2.05) is 38.1 Å². The van der Waals surface area contributed by atoms with Crippen molar-refractivity contribution < 1.29 is 14.3 Å². The number of likely N-dealkylation sites (N-methyl/N-ethyl adjacent to an activating group) is 1. The van der Waals surface area contributed by atoms with E-state index in [9.17, 15) is 9.59 Å². The molecule has 2 aliphatic heterocycles. The lowest BCUT2D eigenvalue weighted by molar-refractivity contribution is -0.121. The molecule has 5 rings (SSSR count). The molecule has 0 spiro atoms. The van der Waals surface area contributed by atoms with E-state index in [1.54, 1.807) is 18.3 Å². The maximum atomic E-state index is 13.4. The lowest BCUT2D eigenvalue weighted by atomic mass is 10.2. The molecule has 0 aliphatic carbocycles. The Morgan fingerprint density at radius 1 is 1.24 bits per heavy atom. The molecule has 168 valence electrons. The second kappa shape index (κ2) is 8.53. The summed E-state index contributed by atoms with van der Waals surface area (Å²) in [5, 5.41) is 3.27. The van der Waals surface area contributed by atoms with Gasteiger partial charge in [0.25, 0.3) is 11.5 Å². The average Bonchev–Trinajstić information content (AvgIpc) is 3.38. The number of benzene rings is 1. The molecule has 2 aromatic heterocycles. The second-order valence-corrected chi connectivity index (χ2v) is 9.21. The van der Waals surface area contributed by atoms with Crippen molar-refractivity contribution in [3.8, 4) is 11.5 Å². The number of amides is 1. The summed E-state index contributed by atoms with van der Waals surface area (Å²) < 4.78 is 12.8. The Morgan fingerprint density at radius 2 is 2.06 bits per heavy atom. The third-order valence-electron chi connectivity index (χ3n) is 5.45. The van der Waals surface area contributed by atoms with Gasteiger partial charge >= 0.3 is 0 Å². The number of rotatable bonds is 5. The van der Waals surface area contributed by atoms with Gasteiger partial charge in [0.15, 0.2) is 11.5 Å². The summed E-state index contributed by atoms with van der Waals surface area (Å²) >= 11 is 6.50. The van der Waals surface area contributed by atoms with Gasteiger partial charge in [-0.3, -0.25) is 18.9 Å². The van der Waals surface area contributed by atoms with Gasteiger partial charge < -0.3 is 14.8 Å². The van der Waals surface area contributed by atoms with Crippen LogP contribution in [0.4, 0.5) is 5.82 Å². The van der Waals surface area contributed by atoms with E-state index >= 15 is 0 Å². The van der Waals surface area contributed by atoms with Crippen LogP contribution in [0.3, 0.4) is 0 Å². The first-order valence-corrected chi connectivity index (χ1v) is 11.6. The highest BCUT2D eigenvalue weighted by Crippen LogP contribution is 2.34. The molecule has 0 bridgehead atoms. The standard InChI is InChI=1S/C23H20N4O4S2/c1-3-26-22(29)18(33-23(26)32)10-15-19(25-20-13(2)5-4-8-27(20)21(15)28)24-11-14-6-7-16-17(9-14)31-12-30-16/h4-10,24H,3,11-12H2,1-2H3/b18-10-. The van der Waals surface area contributed by atoms with Crippen LogP contribution in [-0.2, 0) is 11.3 Å². The third-order valence-corrected chi connectivity index (χ3v) is 6.82. The van der Waals surface area contributed by atoms with Gasteiger partial charge in [-0.05, 0) is 49.2 Å². The molecule has 3 aromatic rings. The molecule has 0 radical (unpaired) electrons. The van der Waals surface area contributed by atoms with E-state index in [0.29, 0.717) is 50.8 Å². The fraction of sp³-hybridized carbons (Fsp3) is 0.217. The molecular formula is C23H20N4O4S2. The quantitative estimate of drug-likeness (QED) is 0.438. The van der Waals surface area contributed by atoms with Crippen LogP contribution in [0.15, 0.2) is 46.2 Å². The highest BCUT2D eigenvalue weighted by atomic mass is 32.2. The van der Waals surface area contributed by atoms with Crippen LogP contribution in [0.5, 0.6) is 11.5 Å². The highest BCUT2D eigenvalue weighted by Gasteiger charge is 2.31. The van der Waals surface area contributed by atoms with Crippen LogP contribution in [0.25, 0.3) is 11.7 Å². The van der Waals surface area contributed by atoms with Gasteiger partial charge in [0, 0.05) is 19.3 Å². The maximum Gasteiger partial charge on any atom is 0.267 e. The molecule has 1 fully saturated rings. The van der Waals surface area contributed by atoms with E-state index in [0.717, 1.165) is 11.1 Å². The average molecular weight is 481 g/mol. The third kappa shape index (κ3) is 3.85. The van der Waals surface area contributed by atoms with Crippen molar-refractivity contribution in [2.75, 3.05) is 18.7 Å². The van der Waals surface area contributed by atoms with Crippen molar-refractivity contribution in [1.29, 1.82) is 0 Å². The van der Waals surface area contributed by atoms with Crippen LogP contribution in [0.2, 0.25) is 0 Å². The monoisotopic (exact) mass is 480 g/mol. The molecule has 1 amide bonds. The van der Waals surface area contributed by atoms with Crippen molar-refractivity contribution in [3.63, 3.8) is 0 Å². The predicted octanol–water partition coefficient (Wildman–Crippen LogP) is 3.56. The fourth-order valence-corrected chi connectivity index (χ4v) is 5.08. The molecule has 1 N–H and O–H groups in total. The number of nitrogens with zero attached hydrogens (tertiary/aromatic N) is 3. The highest BCUT2D eigenvalue weighted by molar-refractivity contribution is 8.26. The number of aryl methyl sites for hydroxylation is 1. The summed E-state index contributed by atoms with van der Waals surface area (Å²) in [6.07, 6.45) is 3.26. The molecule has 0 saturated carbocycles. The SMILES string of the molecule is CCN1C(=O)/C(=C/c2c(NCc3ccc4c(c3)OCO4)nc3c(C)cccn3c2=O)SC1=S. The van der Waals surface area contributed by atoms with Crippen LogP contribution >= 0.6 is 24.0 Å². The number of carbonyl (C=O) groups excluding carboxylic acids is 1. The number of hydrogen-bond donors (Lipinski definition) is 1. The minimum Gasteiger partial charge on any atom is -0.454 e. The number of thioether (sulfide) groups is 1. The number of hydrogen-bond acceptors (Lipinski definition) is 8. The van der Waals surface area contributed by atoms with E-state index in [1.165, 1.54) is 21.1 Å². The molecule has 1 aromatic carbocycles. The van der Waals surface area contributed by atoms with E-state index in [4.69, 9.17) is 26.7 Å². The van der Waals surface area contributed by atoms with Crippen molar-refractivity contribution >= 4 is 51.7 Å². The number of nitrogens with one attached hydrogen (secondary N) is 1. The van der Waals surface area contributed by atoms with Gasteiger partial charge in [-0.25, -0.2) is 4.98 Å². The van der Waals surface area contributed by atoms with Gasteiger partial charge in [-0.15, -0.1) is 0 Å². The number of aromatic nitrogens is 2. The first-order valence-electron chi connectivity index (χ1n) is 10.4. The number of thiocarbonyl (C=S) groups is 1. The van der Waals surface area contributed by atoms with Gasteiger partial charge in [0.1, 0.15) is 15.8 Å². The Bertz CT molecular complexity index is 1400. The van der Waals surface area contributed by atoms with Crippen LogP contribution in [0.1, 0.15) is 23.6 Å². The van der Waals surface area contributed by atoms with Crippen molar-refractivity contribution in [3.05, 3.63) is 68.5 Å². The zero-order valence-electron chi connectivity index (χ0n) is 18.0. The topological polar surface area (TPSA) is 85.2 Å². The van der Waals surface area contributed by atoms with Gasteiger partial charge in [-0.2, -0.15) is 0 Å². The summed E-state index contributed by atoms with van der Waals surface area (Å²) in [7, 11) is 0. The molecule has 33 heavy (non-hydrogen) atoms. The molecule has 0 atom stereocenters. The normalized spacial score (nSPS) is 16.3. The Balaban J connectivity index is 1.57. The first kappa shape index (κ1) is 21.5. The summed E-state index contributed by atoms with van der Waals surface area (Å²) in [5.41, 5.74) is 2.39. The molecular weight excluding hydrogens is 460 g/mol. The maximum absolute atomic E-state index is 13.4. The summed E-state index contributed by atoms with van der Waals surface area (Å²) in [6, 6.07) is 9.36. The van der Waals surface area contributed by atoms with Crippen LogP contribution in [-0.4, -0.2) is 37.8 Å². The van der Waals surface area contributed by atoms with E-state index in [-0.39, 0.29) is 18.3 Å². The van der Waals surface area contributed by atoms with Crippen molar-refractivity contribution in [1.82, 2.24) is 14.3 Å². The second-order valence-electron chi connectivity index (χ2n) is 7.53. The molecule has 0 unspecified atom stereocenters. The van der Waals surface area contributed by atoms with Crippen molar-refractivity contribution in [2.45, 2.75) is 20.4 Å². The Hall–Kier alpha value is -3.37. The molecule has 4 heterocycles. The molecule has 10 heteroatoms. The van der Waals surface area contributed by atoms with E-state index in [2.05, 4.69) is 5.32 Å². The minimum atomic E-state index is -0.265. The number of carbonyl (C=O) groups is 1. The van der Waals surface area contributed by atoms with Gasteiger partial charge in [-0.1, -0.05) is 36.1 Å². The first-order chi connectivity index (χ1) is 16.0. The lowest BCUT2D eigenvalue weighted by Gasteiger charge is -2.13.